The maximum absolute atomic E-state index is 6.77. The molecule has 1 saturated carbocycles. The van der Waals surface area contributed by atoms with Crippen LogP contribution in [0.25, 0.3) is 0 Å². The lowest BCUT2D eigenvalue weighted by Gasteiger charge is -2.40. The van der Waals surface area contributed by atoms with Crippen LogP contribution in [0.1, 0.15) is 60.1 Å². The Hall–Kier alpha value is -2.36. The Morgan fingerprint density at radius 2 is 1.68 bits per heavy atom. The van der Waals surface area contributed by atoms with Crippen LogP contribution in [0.4, 0.5) is 0 Å². The SMILES string of the molecule is ClCc1ncc2c(c1OCc1ccccc1)COC2(c1ccccc1)C1CCCCC1. The molecule has 0 N–H and O–H groups in total. The van der Waals surface area contributed by atoms with Crippen molar-refractivity contribution in [2.24, 2.45) is 5.92 Å². The summed E-state index contributed by atoms with van der Waals surface area (Å²) in [5.74, 6) is 1.56. The Bertz CT molecular complexity index is 1020. The van der Waals surface area contributed by atoms with Gasteiger partial charge in [-0.3, -0.25) is 4.98 Å². The van der Waals surface area contributed by atoms with E-state index < -0.39 is 5.60 Å². The number of alkyl halides is 1. The second-order valence-electron chi connectivity index (χ2n) is 8.56. The Kier molecular flexibility index (Phi) is 5.97. The van der Waals surface area contributed by atoms with E-state index in [4.69, 9.17) is 26.1 Å². The van der Waals surface area contributed by atoms with E-state index in [1.807, 2.05) is 24.4 Å². The van der Waals surface area contributed by atoms with Gasteiger partial charge in [0.25, 0.3) is 0 Å². The van der Waals surface area contributed by atoms with E-state index in [1.54, 1.807) is 0 Å². The van der Waals surface area contributed by atoms with Crippen molar-refractivity contribution in [1.29, 1.82) is 0 Å². The second-order valence-corrected chi connectivity index (χ2v) is 8.83. The average molecular weight is 434 g/mol. The maximum atomic E-state index is 6.77. The molecule has 2 aromatic carbocycles. The average Bonchev–Trinajstić information content (AvgIpc) is 3.25. The molecule has 1 aliphatic carbocycles. The van der Waals surface area contributed by atoms with Gasteiger partial charge >= 0.3 is 0 Å². The molecular formula is C27H28ClNO2. The predicted molar refractivity (Wildman–Crippen MR) is 123 cm³/mol. The first-order valence-corrected chi connectivity index (χ1v) is 11.8. The number of hydrogen-bond acceptors (Lipinski definition) is 3. The van der Waals surface area contributed by atoms with Crippen LogP contribution >= 0.6 is 11.6 Å². The van der Waals surface area contributed by atoms with Crippen molar-refractivity contribution < 1.29 is 9.47 Å². The molecule has 3 nitrogen and oxygen atoms in total. The highest BCUT2D eigenvalue weighted by Crippen LogP contribution is 2.53. The quantitative estimate of drug-likeness (QED) is 0.403. The summed E-state index contributed by atoms with van der Waals surface area (Å²) in [4.78, 5) is 4.76. The Morgan fingerprint density at radius 1 is 0.968 bits per heavy atom. The van der Waals surface area contributed by atoms with Gasteiger partial charge in [0.15, 0.2) is 0 Å². The number of benzene rings is 2. The van der Waals surface area contributed by atoms with Gasteiger partial charge in [-0.2, -0.15) is 0 Å². The molecule has 2 heterocycles. The van der Waals surface area contributed by atoms with Gasteiger partial charge in [0.05, 0.1) is 18.2 Å². The maximum Gasteiger partial charge on any atom is 0.148 e. The zero-order chi connectivity index (χ0) is 21.1. The molecule has 5 rings (SSSR count). The van der Waals surface area contributed by atoms with Gasteiger partial charge in [0.1, 0.15) is 18.0 Å². The fourth-order valence-corrected chi connectivity index (χ4v) is 5.50. The molecule has 0 amide bonds. The standard InChI is InChI=1S/C27H28ClNO2/c28-16-25-26(30-18-20-10-4-1-5-11-20)23-19-31-27(24(23)17-29-25,21-12-6-2-7-13-21)22-14-8-3-9-15-22/h1-2,4-7,10-13,17,22H,3,8-9,14-16,18-19H2. The van der Waals surface area contributed by atoms with E-state index in [0.29, 0.717) is 25.0 Å². The molecule has 1 unspecified atom stereocenters. The van der Waals surface area contributed by atoms with Crippen molar-refractivity contribution in [3.63, 3.8) is 0 Å². The van der Waals surface area contributed by atoms with Crippen molar-refractivity contribution in [2.75, 3.05) is 0 Å². The first kappa shape index (κ1) is 20.5. The monoisotopic (exact) mass is 433 g/mol. The van der Waals surface area contributed by atoms with Gasteiger partial charge in [-0.15, -0.1) is 11.6 Å². The van der Waals surface area contributed by atoms with Crippen LogP contribution in [0.2, 0.25) is 0 Å². The van der Waals surface area contributed by atoms with Crippen LogP contribution in [0, 0.1) is 5.92 Å². The van der Waals surface area contributed by atoms with Crippen molar-refractivity contribution in [2.45, 2.75) is 56.8 Å². The van der Waals surface area contributed by atoms with Crippen LogP contribution < -0.4 is 4.74 Å². The number of pyridine rings is 1. The summed E-state index contributed by atoms with van der Waals surface area (Å²) in [6.45, 7) is 1.02. The van der Waals surface area contributed by atoms with Gasteiger partial charge in [-0.05, 0) is 29.9 Å². The molecule has 1 aliphatic heterocycles. The highest BCUT2D eigenvalue weighted by atomic mass is 35.5. The summed E-state index contributed by atoms with van der Waals surface area (Å²) < 4.78 is 13.1. The third-order valence-electron chi connectivity index (χ3n) is 6.79. The number of aromatic nitrogens is 1. The van der Waals surface area contributed by atoms with Gasteiger partial charge < -0.3 is 9.47 Å². The normalized spacial score (nSPS) is 21.1. The molecule has 1 aromatic heterocycles. The third-order valence-corrected chi connectivity index (χ3v) is 7.04. The fraction of sp³-hybridized carbons (Fsp3) is 0.370. The number of fused-ring (bicyclic) bond motifs is 1. The fourth-order valence-electron chi connectivity index (χ4n) is 5.31. The Balaban J connectivity index is 1.59. The molecule has 0 spiro atoms. The van der Waals surface area contributed by atoms with Gasteiger partial charge in [-0.1, -0.05) is 79.9 Å². The highest BCUT2D eigenvalue weighted by Gasteiger charge is 2.49. The first-order valence-electron chi connectivity index (χ1n) is 11.3. The van der Waals surface area contributed by atoms with E-state index in [2.05, 4.69) is 42.5 Å². The molecule has 160 valence electrons. The van der Waals surface area contributed by atoms with Crippen LogP contribution in [0.5, 0.6) is 5.75 Å². The summed E-state index contributed by atoms with van der Waals surface area (Å²) in [6, 6.07) is 20.9. The minimum absolute atomic E-state index is 0.319. The summed E-state index contributed by atoms with van der Waals surface area (Å²) in [5, 5.41) is 0. The number of rotatable bonds is 6. The summed E-state index contributed by atoms with van der Waals surface area (Å²) in [6.07, 6.45) is 8.16. The highest BCUT2D eigenvalue weighted by molar-refractivity contribution is 6.17. The Morgan fingerprint density at radius 3 is 2.39 bits per heavy atom. The molecular weight excluding hydrogens is 406 g/mol. The smallest absolute Gasteiger partial charge is 0.148 e. The summed E-state index contributed by atoms with van der Waals surface area (Å²) in [5.41, 5.74) is 4.93. The zero-order valence-electron chi connectivity index (χ0n) is 17.7. The first-order chi connectivity index (χ1) is 15.3. The zero-order valence-corrected chi connectivity index (χ0v) is 18.5. The molecule has 2 aliphatic rings. The summed E-state index contributed by atoms with van der Waals surface area (Å²) in [7, 11) is 0. The van der Waals surface area contributed by atoms with E-state index in [0.717, 1.165) is 28.1 Å². The molecule has 0 saturated heterocycles. The largest absolute Gasteiger partial charge is 0.487 e. The molecule has 1 atom stereocenters. The van der Waals surface area contributed by atoms with Crippen LogP contribution in [-0.4, -0.2) is 4.98 Å². The number of halogens is 1. The van der Waals surface area contributed by atoms with Crippen LogP contribution in [0.15, 0.2) is 66.9 Å². The minimum atomic E-state index is -0.459. The van der Waals surface area contributed by atoms with Crippen molar-refractivity contribution >= 4 is 11.6 Å². The van der Waals surface area contributed by atoms with Crippen molar-refractivity contribution in [3.05, 3.63) is 94.8 Å². The lowest BCUT2D eigenvalue weighted by Crippen LogP contribution is -2.37. The van der Waals surface area contributed by atoms with E-state index in [9.17, 15) is 0 Å². The van der Waals surface area contributed by atoms with Crippen molar-refractivity contribution in [1.82, 2.24) is 4.98 Å². The second kappa shape index (κ2) is 9.02. The van der Waals surface area contributed by atoms with Crippen LogP contribution in [-0.2, 0) is 29.4 Å². The van der Waals surface area contributed by atoms with E-state index in [1.165, 1.54) is 37.7 Å². The number of nitrogens with zero attached hydrogens (tertiary/aromatic N) is 1. The van der Waals surface area contributed by atoms with E-state index >= 15 is 0 Å². The predicted octanol–water partition coefficient (Wildman–Crippen LogP) is 6.75. The minimum Gasteiger partial charge on any atom is -0.487 e. The van der Waals surface area contributed by atoms with Gasteiger partial charge in [0.2, 0.25) is 0 Å². The molecule has 0 radical (unpaired) electrons. The molecule has 0 bridgehead atoms. The van der Waals surface area contributed by atoms with E-state index in [-0.39, 0.29) is 0 Å². The summed E-state index contributed by atoms with van der Waals surface area (Å²) >= 11 is 6.27. The molecule has 3 aromatic rings. The molecule has 1 fully saturated rings. The number of hydrogen-bond donors (Lipinski definition) is 0. The topological polar surface area (TPSA) is 31.4 Å². The lowest BCUT2D eigenvalue weighted by atomic mass is 9.70. The molecule has 4 heteroatoms. The van der Waals surface area contributed by atoms with Gasteiger partial charge in [0, 0.05) is 17.3 Å². The Labute approximate surface area is 189 Å². The number of ether oxygens (including phenoxy) is 2. The van der Waals surface area contributed by atoms with Crippen LogP contribution in [0.3, 0.4) is 0 Å². The van der Waals surface area contributed by atoms with Gasteiger partial charge in [-0.25, -0.2) is 0 Å². The lowest BCUT2D eigenvalue weighted by molar-refractivity contribution is -0.0609. The molecule has 31 heavy (non-hydrogen) atoms. The van der Waals surface area contributed by atoms with Crippen molar-refractivity contribution in [3.8, 4) is 5.75 Å². The third kappa shape index (κ3) is 3.75.